The predicted molar refractivity (Wildman–Crippen MR) is 103 cm³/mol. The maximum atomic E-state index is 12.8. The second kappa shape index (κ2) is 9.97. The second-order valence-corrected chi connectivity index (χ2v) is 7.27. The molecule has 0 aliphatic carbocycles. The number of carbonyl (C=O) groups excluding carboxylic acids is 2. The Morgan fingerprint density at radius 1 is 1.33 bits per heavy atom. The molecule has 1 heterocycles. The van der Waals surface area contributed by atoms with Crippen molar-refractivity contribution in [3.63, 3.8) is 0 Å². The molecule has 1 aliphatic heterocycles. The highest BCUT2D eigenvalue weighted by atomic mass is 16.5. The minimum atomic E-state index is -2.24. The number of aliphatic hydroxyl groups excluding tert-OH is 1. The van der Waals surface area contributed by atoms with Crippen LogP contribution in [0.4, 0.5) is 0 Å². The monoisotopic (exact) mass is 380 g/mol. The van der Waals surface area contributed by atoms with Crippen molar-refractivity contribution in [2.24, 2.45) is 11.8 Å². The van der Waals surface area contributed by atoms with E-state index in [2.05, 4.69) is 6.58 Å². The zero-order valence-corrected chi connectivity index (χ0v) is 16.9. The molecule has 0 aromatic heterocycles. The van der Waals surface area contributed by atoms with Gasteiger partial charge in [0.15, 0.2) is 11.4 Å². The Balaban J connectivity index is 3.39. The molecule has 0 saturated heterocycles. The van der Waals surface area contributed by atoms with Gasteiger partial charge in [0.2, 0.25) is 0 Å². The fraction of sp³-hybridized carbons (Fsp3) is 0.619. The van der Waals surface area contributed by atoms with E-state index in [-0.39, 0.29) is 5.92 Å². The fourth-order valence-electron chi connectivity index (χ4n) is 3.21. The van der Waals surface area contributed by atoms with Gasteiger partial charge < -0.3 is 19.7 Å². The smallest absolute Gasteiger partial charge is 0.316 e. The molecular weight excluding hydrogens is 348 g/mol. The van der Waals surface area contributed by atoms with E-state index in [9.17, 15) is 19.8 Å². The number of rotatable bonds is 3. The van der Waals surface area contributed by atoms with Crippen LogP contribution in [0.2, 0.25) is 0 Å². The standard InChI is InChI=1S/C21H32O6/c1-7-17-15(4)11-14(3)10-13(2)8-9-18(26-6)21(25,12-22)19(23)16(5)20(24)27-17/h8-9,11,13,16-18,22,25H,3,7,10,12H2,1-2,4-6H3/b9-8+,15-11+/t13-,16-,17+,18-,21-/m1/s1. The normalized spacial score (nSPS) is 37.1. The quantitative estimate of drug-likeness (QED) is 0.444. The molecule has 0 saturated carbocycles. The van der Waals surface area contributed by atoms with Crippen LogP contribution in [0.1, 0.15) is 40.5 Å². The first-order valence-electron chi connectivity index (χ1n) is 9.25. The van der Waals surface area contributed by atoms with E-state index in [1.165, 1.54) is 14.0 Å². The van der Waals surface area contributed by atoms with Gasteiger partial charge in [0.25, 0.3) is 0 Å². The maximum Gasteiger partial charge on any atom is 0.316 e. The van der Waals surface area contributed by atoms with Crippen LogP contribution in [0.3, 0.4) is 0 Å². The molecule has 0 bridgehead atoms. The minimum absolute atomic E-state index is 0.0697. The number of esters is 1. The number of methoxy groups -OCH3 is 1. The average molecular weight is 380 g/mol. The lowest BCUT2D eigenvalue weighted by molar-refractivity contribution is -0.169. The molecule has 2 N–H and O–H groups in total. The van der Waals surface area contributed by atoms with E-state index < -0.39 is 42.1 Å². The number of hydrogen-bond acceptors (Lipinski definition) is 6. The third-order valence-corrected chi connectivity index (χ3v) is 4.91. The first-order chi connectivity index (χ1) is 12.6. The van der Waals surface area contributed by atoms with Gasteiger partial charge in [0.1, 0.15) is 18.1 Å². The number of ether oxygens (including phenoxy) is 2. The summed E-state index contributed by atoms with van der Waals surface area (Å²) in [4.78, 5) is 25.3. The molecule has 1 aliphatic rings. The molecular formula is C21H32O6. The summed E-state index contributed by atoms with van der Waals surface area (Å²) < 4.78 is 10.7. The van der Waals surface area contributed by atoms with Crippen molar-refractivity contribution < 1.29 is 29.3 Å². The van der Waals surface area contributed by atoms with Gasteiger partial charge in [0, 0.05) is 7.11 Å². The van der Waals surface area contributed by atoms with Gasteiger partial charge in [-0.05, 0) is 38.2 Å². The Morgan fingerprint density at radius 2 is 1.96 bits per heavy atom. The van der Waals surface area contributed by atoms with Gasteiger partial charge in [-0.3, -0.25) is 9.59 Å². The minimum Gasteiger partial charge on any atom is -0.457 e. The van der Waals surface area contributed by atoms with Crippen molar-refractivity contribution in [3.05, 3.63) is 36.0 Å². The summed E-state index contributed by atoms with van der Waals surface area (Å²) in [5.41, 5.74) is -0.514. The lowest BCUT2D eigenvalue weighted by atomic mass is 9.84. The summed E-state index contributed by atoms with van der Waals surface area (Å²) in [6.07, 6.45) is 4.87. The molecule has 0 aromatic rings. The summed E-state index contributed by atoms with van der Waals surface area (Å²) >= 11 is 0. The third kappa shape index (κ3) is 5.61. The second-order valence-electron chi connectivity index (χ2n) is 7.27. The largest absolute Gasteiger partial charge is 0.457 e. The molecule has 6 heteroatoms. The molecule has 152 valence electrons. The summed E-state index contributed by atoms with van der Waals surface area (Å²) in [7, 11) is 1.33. The predicted octanol–water partition coefficient (Wildman–Crippen LogP) is 2.35. The van der Waals surface area contributed by atoms with Crippen molar-refractivity contribution in [2.45, 2.75) is 58.3 Å². The molecule has 0 unspecified atom stereocenters. The van der Waals surface area contributed by atoms with Crippen molar-refractivity contribution in [3.8, 4) is 0 Å². The highest BCUT2D eigenvalue weighted by Crippen LogP contribution is 2.25. The number of cyclic esters (lactones) is 1. The van der Waals surface area contributed by atoms with Crippen LogP contribution in [-0.2, 0) is 19.1 Å². The first kappa shape index (κ1) is 23.3. The van der Waals surface area contributed by atoms with Crippen LogP contribution in [0.15, 0.2) is 36.0 Å². The van der Waals surface area contributed by atoms with E-state index >= 15 is 0 Å². The fourth-order valence-corrected chi connectivity index (χ4v) is 3.21. The van der Waals surface area contributed by atoms with Crippen LogP contribution in [0.25, 0.3) is 0 Å². The van der Waals surface area contributed by atoms with Gasteiger partial charge in [-0.2, -0.15) is 0 Å². The molecule has 1 rings (SSSR count). The maximum absolute atomic E-state index is 12.8. The number of hydrogen-bond donors (Lipinski definition) is 2. The molecule has 0 spiro atoms. The van der Waals surface area contributed by atoms with E-state index in [1.807, 2.05) is 32.9 Å². The van der Waals surface area contributed by atoms with E-state index in [0.717, 1.165) is 11.1 Å². The number of allylic oxidation sites excluding steroid dienone is 3. The van der Waals surface area contributed by atoms with E-state index in [0.29, 0.717) is 12.8 Å². The Morgan fingerprint density at radius 3 is 2.48 bits per heavy atom. The summed E-state index contributed by atoms with van der Waals surface area (Å²) in [5, 5.41) is 20.5. The van der Waals surface area contributed by atoms with Gasteiger partial charge >= 0.3 is 5.97 Å². The highest BCUT2D eigenvalue weighted by Gasteiger charge is 2.47. The summed E-state index contributed by atoms with van der Waals surface area (Å²) in [6.45, 7) is 10.3. The summed E-state index contributed by atoms with van der Waals surface area (Å²) in [5.74, 6) is -2.77. The lowest BCUT2D eigenvalue weighted by Gasteiger charge is -2.32. The molecule has 0 fully saturated rings. The topological polar surface area (TPSA) is 93.1 Å². The Labute approximate surface area is 161 Å². The molecule has 6 nitrogen and oxygen atoms in total. The van der Waals surface area contributed by atoms with E-state index in [1.54, 1.807) is 6.08 Å². The van der Waals surface area contributed by atoms with Crippen LogP contribution < -0.4 is 0 Å². The van der Waals surface area contributed by atoms with Gasteiger partial charge in [0.05, 0.1) is 6.61 Å². The molecule has 0 radical (unpaired) electrons. The zero-order chi connectivity index (χ0) is 20.8. The van der Waals surface area contributed by atoms with Crippen molar-refractivity contribution in [2.75, 3.05) is 13.7 Å². The van der Waals surface area contributed by atoms with Gasteiger partial charge in [-0.1, -0.05) is 44.2 Å². The SMILES string of the molecule is C=C1/C=C(\C)[C@H](CC)OC(=O)[C@H](C)C(=O)[C@@](O)(CO)[C@H](OC)/C=C/[C@@H](C)C1. The summed E-state index contributed by atoms with van der Waals surface area (Å²) in [6, 6.07) is 0. The number of Topliss-reactive ketones (excluding diaryl/α,β-unsaturated/α-hetero) is 1. The lowest BCUT2D eigenvalue weighted by Crippen LogP contribution is -2.56. The Bertz CT molecular complexity index is 620. The van der Waals surface area contributed by atoms with E-state index in [4.69, 9.17) is 9.47 Å². The van der Waals surface area contributed by atoms with Crippen LogP contribution in [0.5, 0.6) is 0 Å². The average Bonchev–Trinajstić information content (AvgIpc) is 2.63. The Hall–Kier alpha value is -1.76. The van der Waals surface area contributed by atoms with Crippen molar-refractivity contribution >= 4 is 11.8 Å². The van der Waals surface area contributed by atoms with Crippen LogP contribution in [0, 0.1) is 11.8 Å². The third-order valence-electron chi connectivity index (χ3n) is 4.91. The van der Waals surface area contributed by atoms with Crippen molar-refractivity contribution in [1.82, 2.24) is 0 Å². The molecule has 0 aromatic carbocycles. The zero-order valence-electron chi connectivity index (χ0n) is 16.9. The van der Waals surface area contributed by atoms with Gasteiger partial charge in [-0.25, -0.2) is 0 Å². The molecule has 27 heavy (non-hydrogen) atoms. The number of aliphatic hydroxyl groups is 2. The number of ketones is 1. The molecule has 0 amide bonds. The van der Waals surface area contributed by atoms with Crippen molar-refractivity contribution in [1.29, 1.82) is 0 Å². The highest BCUT2D eigenvalue weighted by molar-refractivity contribution is 6.03. The van der Waals surface area contributed by atoms with Crippen LogP contribution >= 0.6 is 0 Å². The number of carbonyl (C=O) groups is 2. The Kier molecular flexibility index (Phi) is 8.59. The first-order valence-corrected chi connectivity index (χ1v) is 9.25. The molecule has 5 atom stereocenters. The van der Waals surface area contributed by atoms with Gasteiger partial charge in [-0.15, -0.1) is 0 Å². The van der Waals surface area contributed by atoms with Crippen LogP contribution in [-0.4, -0.2) is 53.5 Å².